The Hall–Kier alpha value is -1.64. The summed E-state index contributed by atoms with van der Waals surface area (Å²) in [6.07, 6.45) is 6.73. The van der Waals surface area contributed by atoms with Gasteiger partial charge in [0.15, 0.2) is 0 Å². The highest BCUT2D eigenvalue weighted by Gasteiger charge is 2.15. The molecule has 0 spiro atoms. The maximum absolute atomic E-state index is 10.8. The molecule has 1 aliphatic carbocycles. The number of amides is 1. The van der Waals surface area contributed by atoms with Gasteiger partial charge in [0.2, 0.25) is 5.91 Å². The normalized spacial score (nSPS) is 17.3. The number of nitrogens with one attached hydrogen (secondary N) is 1. The fraction of sp³-hybridized carbons (Fsp3) is 0.500. The molecule has 1 N–H and O–H groups in total. The Bertz CT molecular complexity index is 456. The summed E-state index contributed by atoms with van der Waals surface area (Å²) in [4.78, 5) is 10.8. The van der Waals surface area contributed by atoms with E-state index in [-0.39, 0.29) is 5.91 Å². The fourth-order valence-electron chi connectivity index (χ4n) is 2.66. The van der Waals surface area contributed by atoms with Gasteiger partial charge in [-0.25, -0.2) is 5.43 Å². The largest absolute Gasteiger partial charge is 0.274 e. The van der Waals surface area contributed by atoms with E-state index in [1.54, 1.807) is 0 Å². The molecule has 1 saturated carbocycles. The molecular formula is C16H22N2O. The third-order valence-corrected chi connectivity index (χ3v) is 3.79. The van der Waals surface area contributed by atoms with Crippen molar-refractivity contribution in [2.45, 2.75) is 51.9 Å². The Morgan fingerprint density at radius 2 is 1.74 bits per heavy atom. The van der Waals surface area contributed by atoms with Gasteiger partial charge < -0.3 is 0 Å². The summed E-state index contributed by atoms with van der Waals surface area (Å²) in [5, 5.41) is 4.05. The highest BCUT2D eigenvalue weighted by atomic mass is 16.2. The summed E-state index contributed by atoms with van der Waals surface area (Å²) >= 11 is 0. The lowest BCUT2D eigenvalue weighted by molar-refractivity contribution is -0.118. The van der Waals surface area contributed by atoms with Crippen LogP contribution in [-0.4, -0.2) is 11.6 Å². The van der Waals surface area contributed by atoms with Crippen molar-refractivity contribution in [1.82, 2.24) is 5.43 Å². The van der Waals surface area contributed by atoms with Crippen LogP contribution in [0.5, 0.6) is 0 Å². The number of carbonyl (C=O) groups excluding carboxylic acids is 1. The second kappa shape index (κ2) is 6.50. The van der Waals surface area contributed by atoms with Crippen molar-refractivity contribution < 1.29 is 4.79 Å². The average molecular weight is 258 g/mol. The lowest BCUT2D eigenvalue weighted by Crippen LogP contribution is -2.15. The van der Waals surface area contributed by atoms with Crippen LogP contribution in [0.15, 0.2) is 29.4 Å². The maximum Gasteiger partial charge on any atom is 0.236 e. The SMILES string of the molecule is CC(=O)N/N=C(/C)c1ccc(C2CCCCC2)cc1. The Balaban J connectivity index is 2.05. The first-order valence-electron chi connectivity index (χ1n) is 7.08. The van der Waals surface area contributed by atoms with Gasteiger partial charge in [0.05, 0.1) is 5.71 Å². The van der Waals surface area contributed by atoms with Crippen LogP contribution < -0.4 is 5.43 Å². The van der Waals surface area contributed by atoms with Gasteiger partial charge in [0.25, 0.3) is 0 Å². The van der Waals surface area contributed by atoms with Crippen molar-refractivity contribution in [3.63, 3.8) is 0 Å². The molecule has 102 valence electrons. The minimum atomic E-state index is -0.141. The minimum absolute atomic E-state index is 0.141. The van der Waals surface area contributed by atoms with Crippen LogP contribution in [0.2, 0.25) is 0 Å². The Morgan fingerprint density at radius 3 is 2.32 bits per heavy atom. The molecule has 0 unspecified atom stereocenters. The van der Waals surface area contributed by atoms with Crippen LogP contribution in [0.4, 0.5) is 0 Å². The average Bonchev–Trinajstić information content (AvgIpc) is 2.46. The van der Waals surface area contributed by atoms with Crippen molar-refractivity contribution in [3.05, 3.63) is 35.4 Å². The number of hydrogen-bond acceptors (Lipinski definition) is 2. The van der Waals surface area contributed by atoms with Crippen LogP contribution in [0.3, 0.4) is 0 Å². The standard InChI is InChI=1S/C16H22N2O/c1-12(17-18-13(2)19)14-8-10-16(11-9-14)15-6-4-3-5-7-15/h8-11,15H,3-7H2,1-2H3,(H,18,19)/b17-12-. The number of hydrazone groups is 1. The predicted molar refractivity (Wildman–Crippen MR) is 78.3 cm³/mol. The predicted octanol–water partition coefficient (Wildman–Crippen LogP) is 3.59. The maximum atomic E-state index is 10.8. The molecule has 0 saturated heterocycles. The van der Waals surface area contributed by atoms with Gasteiger partial charge in [0.1, 0.15) is 0 Å². The topological polar surface area (TPSA) is 41.5 Å². The van der Waals surface area contributed by atoms with Crippen LogP contribution in [0.25, 0.3) is 0 Å². The van der Waals surface area contributed by atoms with Crippen LogP contribution in [0.1, 0.15) is 63.0 Å². The number of nitrogens with zero attached hydrogens (tertiary/aromatic N) is 1. The Labute approximate surface area is 115 Å². The molecular weight excluding hydrogens is 236 g/mol. The number of rotatable bonds is 3. The van der Waals surface area contributed by atoms with E-state index >= 15 is 0 Å². The molecule has 1 fully saturated rings. The fourth-order valence-corrected chi connectivity index (χ4v) is 2.66. The van der Waals surface area contributed by atoms with E-state index in [0.29, 0.717) is 0 Å². The van der Waals surface area contributed by atoms with Crippen molar-refractivity contribution in [2.24, 2.45) is 5.10 Å². The highest BCUT2D eigenvalue weighted by Crippen LogP contribution is 2.32. The molecule has 19 heavy (non-hydrogen) atoms. The van der Waals surface area contributed by atoms with E-state index in [4.69, 9.17) is 0 Å². The van der Waals surface area contributed by atoms with Crippen molar-refractivity contribution >= 4 is 11.6 Å². The highest BCUT2D eigenvalue weighted by molar-refractivity contribution is 5.99. The van der Waals surface area contributed by atoms with E-state index in [1.165, 1.54) is 44.6 Å². The zero-order chi connectivity index (χ0) is 13.7. The molecule has 0 aromatic heterocycles. The number of hydrogen-bond donors (Lipinski definition) is 1. The second-order valence-electron chi connectivity index (χ2n) is 5.32. The first kappa shape index (κ1) is 13.8. The number of benzene rings is 1. The van der Waals surface area contributed by atoms with Gasteiger partial charge in [-0.05, 0) is 36.8 Å². The third kappa shape index (κ3) is 3.91. The van der Waals surface area contributed by atoms with Gasteiger partial charge in [-0.3, -0.25) is 4.79 Å². The van der Waals surface area contributed by atoms with Crippen molar-refractivity contribution in [1.29, 1.82) is 0 Å². The van der Waals surface area contributed by atoms with E-state index in [1.807, 2.05) is 6.92 Å². The molecule has 0 heterocycles. The third-order valence-electron chi connectivity index (χ3n) is 3.79. The lowest BCUT2D eigenvalue weighted by Gasteiger charge is -2.22. The zero-order valence-corrected chi connectivity index (χ0v) is 11.8. The lowest BCUT2D eigenvalue weighted by atomic mass is 9.84. The van der Waals surface area contributed by atoms with E-state index in [0.717, 1.165) is 17.2 Å². The summed E-state index contributed by atoms with van der Waals surface area (Å²) in [6, 6.07) is 8.62. The molecule has 1 aliphatic rings. The summed E-state index contributed by atoms with van der Waals surface area (Å²) in [7, 11) is 0. The van der Waals surface area contributed by atoms with Gasteiger partial charge in [-0.15, -0.1) is 0 Å². The van der Waals surface area contributed by atoms with Crippen LogP contribution >= 0.6 is 0 Å². The summed E-state index contributed by atoms with van der Waals surface area (Å²) in [5.74, 6) is 0.591. The molecule has 3 heteroatoms. The summed E-state index contributed by atoms with van der Waals surface area (Å²) in [6.45, 7) is 3.37. The molecule has 3 nitrogen and oxygen atoms in total. The van der Waals surface area contributed by atoms with Crippen LogP contribution in [-0.2, 0) is 4.79 Å². The molecule has 1 aromatic rings. The number of carbonyl (C=O) groups is 1. The van der Waals surface area contributed by atoms with Crippen molar-refractivity contribution in [3.8, 4) is 0 Å². The smallest absolute Gasteiger partial charge is 0.236 e. The molecule has 0 bridgehead atoms. The van der Waals surface area contributed by atoms with Gasteiger partial charge in [0, 0.05) is 6.92 Å². The van der Waals surface area contributed by atoms with E-state index < -0.39 is 0 Å². The zero-order valence-electron chi connectivity index (χ0n) is 11.8. The molecule has 0 aliphatic heterocycles. The summed E-state index contributed by atoms with van der Waals surface area (Å²) in [5.41, 5.74) is 5.81. The van der Waals surface area contributed by atoms with Gasteiger partial charge in [-0.1, -0.05) is 43.5 Å². The molecule has 1 amide bonds. The first-order chi connectivity index (χ1) is 9.16. The van der Waals surface area contributed by atoms with Gasteiger partial charge >= 0.3 is 0 Å². The Kier molecular flexibility index (Phi) is 4.72. The molecule has 1 aromatic carbocycles. The summed E-state index contributed by atoms with van der Waals surface area (Å²) < 4.78 is 0. The van der Waals surface area contributed by atoms with Crippen molar-refractivity contribution in [2.75, 3.05) is 0 Å². The molecule has 0 radical (unpaired) electrons. The Morgan fingerprint density at radius 1 is 1.11 bits per heavy atom. The van der Waals surface area contributed by atoms with E-state index in [9.17, 15) is 4.79 Å². The monoisotopic (exact) mass is 258 g/mol. The minimum Gasteiger partial charge on any atom is -0.274 e. The van der Waals surface area contributed by atoms with Crippen LogP contribution in [0, 0.1) is 0 Å². The van der Waals surface area contributed by atoms with E-state index in [2.05, 4.69) is 34.8 Å². The first-order valence-corrected chi connectivity index (χ1v) is 7.08. The quantitative estimate of drug-likeness (QED) is 0.653. The molecule has 0 atom stereocenters. The second-order valence-corrected chi connectivity index (χ2v) is 5.32. The molecule has 2 rings (SSSR count). The van der Waals surface area contributed by atoms with Gasteiger partial charge in [-0.2, -0.15) is 5.10 Å².